The second-order valence-electron chi connectivity index (χ2n) is 5.77. The number of benzene rings is 1. The van der Waals surface area contributed by atoms with Crippen LogP contribution in [0.15, 0.2) is 42.9 Å². The Morgan fingerprint density at radius 3 is 2.64 bits per heavy atom. The van der Waals surface area contributed by atoms with Gasteiger partial charge in [-0.1, -0.05) is 18.2 Å². The number of para-hydroxylation sites is 1. The van der Waals surface area contributed by atoms with E-state index in [1.54, 1.807) is 6.20 Å². The summed E-state index contributed by atoms with van der Waals surface area (Å²) in [4.78, 5) is 8.45. The molecule has 4 N–H and O–H groups in total. The van der Waals surface area contributed by atoms with E-state index < -0.39 is 31.1 Å². The lowest BCUT2D eigenvalue weighted by molar-refractivity contribution is -0.0566. The Hall–Kier alpha value is -2.59. The molecule has 0 unspecified atom stereocenters. The van der Waals surface area contributed by atoms with Crippen LogP contribution >= 0.6 is 0 Å². The number of fused-ring (bicyclic) bond motifs is 1. The summed E-state index contributed by atoms with van der Waals surface area (Å²) in [6.07, 6.45) is -1.28. The summed E-state index contributed by atoms with van der Waals surface area (Å²) in [5, 5.41) is 37.4. The molecule has 0 bridgehead atoms. The summed E-state index contributed by atoms with van der Waals surface area (Å²) in [6.45, 7) is -0.399. The molecule has 3 aromatic rings. The van der Waals surface area contributed by atoms with Gasteiger partial charge in [0.2, 0.25) is 0 Å². The summed E-state index contributed by atoms with van der Waals surface area (Å²) in [7, 11) is 0. The molecule has 1 aliphatic heterocycles. The molecule has 0 amide bonds. The molecule has 2 aromatic heterocycles. The van der Waals surface area contributed by atoms with Gasteiger partial charge in [0, 0.05) is 5.69 Å². The van der Waals surface area contributed by atoms with Gasteiger partial charge in [-0.3, -0.25) is 0 Å². The van der Waals surface area contributed by atoms with E-state index in [-0.39, 0.29) is 0 Å². The van der Waals surface area contributed by atoms with Crippen molar-refractivity contribution in [3.05, 3.63) is 42.9 Å². The van der Waals surface area contributed by atoms with E-state index in [4.69, 9.17) is 4.74 Å². The minimum atomic E-state index is -1.22. The molecule has 130 valence electrons. The Morgan fingerprint density at radius 1 is 1.12 bits per heavy atom. The molecule has 9 nitrogen and oxygen atoms in total. The van der Waals surface area contributed by atoms with Crippen LogP contribution in [0, 0.1) is 0 Å². The fraction of sp³-hybridized carbons (Fsp3) is 0.312. The number of aliphatic hydroxyl groups excluding tert-OH is 3. The number of ether oxygens (including phenoxy) is 1. The van der Waals surface area contributed by atoms with Crippen molar-refractivity contribution in [2.75, 3.05) is 11.9 Å². The Bertz CT molecular complexity index is 871. The molecule has 0 spiro atoms. The van der Waals surface area contributed by atoms with Crippen molar-refractivity contribution in [2.24, 2.45) is 0 Å². The van der Waals surface area contributed by atoms with Crippen molar-refractivity contribution in [2.45, 2.75) is 24.5 Å². The zero-order valence-electron chi connectivity index (χ0n) is 13.1. The highest BCUT2D eigenvalue weighted by atomic mass is 16.6. The smallest absolute Gasteiger partial charge is 0.181 e. The second kappa shape index (κ2) is 6.37. The van der Waals surface area contributed by atoms with Crippen LogP contribution in [-0.2, 0) is 4.74 Å². The molecule has 4 atom stereocenters. The molecule has 1 aliphatic rings. The number of nitrogens with one attached hydrogen (secondary N) is 1. The van der Waals surface area contributed by atoms with E-state index in [1.165, 1.54) is 11.0 Å². The van der Waals surface area contributed by atoms with Crippen molar-refractivity contribution >= 4 is 22.5 Å². The molecule has 1 aromatic carbocycles. The summed E-state index contributed by atoms with van der Waals surface area (Å²) in [5.41, 5.74) is 1.31. The first-order chi connectivity index (χ1) is 12.2. The fourth-order valence-corrected chi connectivity index (χ4v) is 2.89. The van der Waals surface area contributed by atoms with Gasteiger partial charge in [-0.05, 0) is 12.1 Å². The molecule has 1 fully saturated rings. The lowest BCUT2D eigenvalue weighted by Crippen LogP contribution is -2.33. The van der Waals surface area contributed by atoms with Gasteiger partial charge >= 0.3 is 0 Å². The first-order valence-electron chi connectivity index (χ1n) is 7.82. The number of anilines is 2. The topological polar surface area (TPSA) is 126 Å². The molecular weight excluding hydrogens is 326 g/mol. The normalized spacial score (nSPS) is 26.2. The van der Waals surface area contributed by atoms with E-state index in [1.807, 2.05) is 30.3 Å². The first kappa shape index (κ1) is 15.9. The van der Waals surface area contributed by atoms with Gasteiger partial charge in [-0.2, -0.15) is 5.10 Å². The Morgan fingerprint density at radius 2 is 1.92 bits per heavy atom. The monoisotopic (exact) mass is 343 g/mol. The lowest BCUT2D eigenvalue weighted by Gasteiger charge is -2.15. The van der Waals surface area contributed by atoms with Crippen molar-refractivity contribution in [3.63, 3.8) is 0 Å². The van der Waals surface area contributed by atoms with Crippen molar-refractivity contribution < 1.29 is 20.1 Å². The summed E-state index contributed by atoms with van der Waals surface area (Å²) in [6, 6.07) is 9.54. The first-order valence-corrected chi connectivity index (χ1v) is 7.82. The molecule has 9 heteroatoms. The number of nitrogens with zero attached hydrogens (tertiary/aromatic N) is 4. The quantitative estimate of drug-likeness (QED) is 0.529. The zero-order chi connectivity index (χ0) is 17.4. The average molecular weight is 343 g/mol. The number of rotatable bonds is 4. The number of hydrogen-bond acceptors (Lipinski definition) is 8. The van der Waals surface area contributed by atoms with Crippen LogP contribution in [0.2, 0.25) is 0 Å². The van der Waals surface area contributed by atoms with Crippen molar-refractivity contribution in [1.82, 2.24) is 19.7 Å². The van der Waals surface area contributed by atoms with Gasteiger partial charge in [0.15, 0.2) is 11.9 Å². The fourth-order valence-electron chi connectivity index (χ4n) is 2.89. The molecule has 0 saturated carbocycles. The summed E-state index contributed by atoms with van der Waals surface area (Å²) in [5.74, 6) is 0.564. The van der Waals surface area contributed by atoms with E-state index in [0.717, 1.165) is 5.69 Å². The molecule has 3 heterocycles. The van der Waals surface area contributed by atoms with Crippen molar-refractivity contribution in [3.8, 4) is 0 Å². The maximum absolute atomic E-state index is 10.2. The highest BCUT2D eigenvalue weighted by Gasteiger charge is 2.44. The molecule has 0 aliphatic carbocycles. The van der Waals surface area contributed by atoms with E-state index >= 15 is 0 Å². The van der Waals surface area contributed by atoms with Crippen LogP contribution in [0.5, 0.6) is 0 Å². The minimum Gasteiger partial charge on any atom is -0.394 e. The Kier molecular flexibility index (Phi) is 4.06. The third-order valence-electron chi connectivity index (χ3n) is 4.19. The Labute approximate surface area is 142 Å². The largest absolute Gasteiger partial charge is 0.394 e. The molecule has 4 rings (SSSR count). The van der Waals surface area contributed by atoms with Gasteiger partial charge < -0.3 is 25.4 Å². The highest BCUT2D eigenvalue weighted by molar-refractivity contribution is 5.88. The van der Waals surface area contributed by atoms with Gasteiger partial charge in [0.25, 0.3) is 0 Å². The maximum atomic E-state index is 10.2. The molecule has 1 saturated heterocycles. The number of hydrogen-bond donors (Lipinski definition) is 4. The average Bonchev–Trinajstić information content (AvgIpc) is 3.18. The van der Waals surface area contributed by atoms with E-state index in [9.17, 15) is 15.3 Å². The SMILES string of the molecule is OC[C@@H]1O[C@@H](n2ncc3c(Nc4ccccc4)ncnc32)[C@H](O)[C@@H]1O. The van der Waals surface area contributed by atoms with Crippen LogP contribution in [0.25, 0.3) is 11.0 Å². The Balaban J connectivity index is 1.70. The lowest BCUT2D eigenvalue weighted by atomic mass is 10.1. The van der Waals surface area contributed by atoms with Crippen molar-refractivity contribution in [1.29, 1.82) is 0 Å². The van der Waals surface area contributed by atoms with Crippen LogP contribution in [-0.4, -0.2) is 60.0 Å². The second-order valence-corrected chi connectivity index (χ2v) is 5.77. The number of aliphatic hydroxyl groups is 3. The van der Waals surface area contributed by atoms with Crippen LogP contribution in [0.1, 0.15) is 6.23 Å². The highest BCUT2D eigenvalue weighted by Crippen LogP contribution is 2.32. The minimum absolute atomic E-state index is 0.399. The van der Waals surface area contributed by atoms with Gasteiger partial charge in [0.05, 0.1) is 18.2 Å². The third kappa shape index (κ3) is 2.72. The predicted octanol–water partition coefficient (Wildman–Crippen LogP) is 0.181. The van der Waals surface area contributed by atoms with Crippen LogP contribution < -0.4 is 5.32 Å². The summed E-state index contributed by atoms with van der Waals surface area (Å²) >= 11 is 0. The van der Waals surface area contributed by atoms with Gasteiger partial charge in [-0.25, -0.2) is 14.6 Å². The molecule has 0 radical (unpaired) electrons. The van der Waals surface area contributed by atoms with Gasteiger partial charge in [0.1, 0.15) is 30.5 Å². The standard InChI is InChI=1S/C16H17N5O4/c22-7-11-12(23)13(24)16(25-11)21-15-10(6-19-21)14(17-8-18-15)20-9-4-2-1-3-5-9/h1-6,8,11-13,16,22-24H,7H2,(H,17,18,20)/t11-,12+,13+,16+/m0/s1. The molecular formula is C16H17N5O4. The van der Waals surface area contributed by atoms with Gasteiger partial charge in [-0.15, -0.1) is 0 Å². The van der Waals surface area contributed by atoms with Crippen LogP contribution in [0.4, 0.5) is 11.5 Å². The third-order valence-corrected chi connectivity index (χ3v) is 4.19. The zero-order valence-corrected chi connectivity index (χ0v) is 13.1. The van der Waals surface area contributed by atoms with E-state index in [2.05, 4.69) is 20.4 Å². The van der Waals surface area contributed by atoms with Crippen LogP contribution in [0.3, 0.4) is 0 Å². The molecule has 25 heavy (non-hydrogen) atoms. The predicted molar refractivity (Wildman–Crippen MR) is 88.1 cm³/mol. The maximum Gasteiger partial charge on any atom is 0.181 e. The number of aromatic nitrogens is 4. The summed E-state index contributed by atoms with van der Waals surface area (Å²) < 4.78 is 6.90. The van der Waals surface area contributed by atoms with E-state index in [0.29, 0.717) is 16.9 Å².